The van der Waals surface area contributed by atoms with Crippen LogP contribution in [0.4, 0.5) is 5.82 Å². The maximum absolute atomic E-state index is 13.1. The number of piperidine rings is 2. The van der Waals surface area contributed by atoms with Gasteiger partial charge in [0, 0.05) is 37.6 Å². The molecule has 1 aliphatic carbocycles. The second-order valence-electron chi connectivity index (χ2n) is 10.7. The van der Waals surface area contributed by atoms with Crippen molar-refractivity contribution in [2.24, 2.45) is 11.8 Å². The second-order valence-corrected chi connectivity index (χ2v) is 12.7. The number of rotatable bonds is 5. The average Bonchev–Trinajstić information content (AvgIpc) is 2.90. The van der Waals surface area contributed by atoms with Gasteiger partial charge in [-0.15, -0.1) is 0 Å². The molecule has 1 aromatic heterocycles. The third kappa shape index (κ3) is 5.48. The van der Waals surface area contributed by atoms with Crippen molar-refractivity contribution in [3.8, 4) is 0 Å². The number of hydrogen-bond acceptors (Lipinski definition) is 5. The highest BCUT2D eigenvalue weighted by Gasteiger charge is 2.30. The molecule has 0 unspecified atom stereocenters. The molecule has 7 nitrogen and oxygen atoms in total. The lowest BCUT2D eigenvalue weighted by molar-refractivity contribution is -0.126. The SMILES string of the molecule is CC1CCC(NC(=O)[C@@H]2CCCN(c3ccc4cc(S(=O)(=O)N5CCCCC5)ccc4n3)C2)CC1. The highest BCUT2D eigenvalue weighted by Crippen LogP contribution is 2.28. The van der Waals surface area contributed by atoms with Gasteiger partial charge in [-0.05, 0) is 87.6 Å². The van der Waals surface area contributed by atoms with Gasteiger partial charge in [-0.1, -0.05) is 13.3 Å². The molecular weight excluding hydrogens is 460 g/mol. The fourth-order valence-corrected chi connectivity index (χ4v) is 7.36. The lowest BCUT2D eigenvalue weighted by atomic mass is 9.87. The van der Waals surface area contributed by atoms with Crippen molar-refractivity contribution in [2.45, 2.75) is 75.6 Å². The van der Waals surface area contributed by atoms with Crippen LogP contribution in [0.25, 0.3) is 10.9 Å². The first-order valence-electron chi connectivity index (χ1n) is 13.4. The standard InChI is InChI=1S/C27H38N4O3S/c1-20-7-10-23(11-8-20)28-27(32)22-6-5-15-30(19-22)26-14-9-21-18-24(12-13-25(21)29-26)35(33,34)31-16-3-2-4-17-31/h9,12-14,18,20,22-23H,2-8,10-11,15-17,19H2,1H3,(H,28,32)/t20?,22-,23?/m1/s1. The number of carbonyl (C=O) groups is 1. The molecule has 1 saturated carbocycles. The van der Waals surface area contributed by atoms with Gasteiger partial charge in [-0.2, -0.15) is 4.31 Å². The average molecular weight is 499 g/mol. The van der Waals surface area contributed by atoms with E-state index in [9.17, 15) is 13.2 Å². The number of sulfonamides is 1. The monoisotopic (exact) mass is 498 g/mol. The molecule has 3 aliphatic rings. The number of pyridine rings is 1. The predicted molar refractivity (Wildman–Crippen MR) is 139 cm³/mol. The number of hydrogen-bond donors (Lipinski definition) is 1. The summed E-state index contributed by atoms with van der Waals surface area (Å²) in [5.74, 6) is 1.79. The summed E-state index contributed by atoms with van der Waals surface area (Å²) >= 11 is 0. The summed E-state index contributed by atoms with van der Waals surface area (Å²) in [5, 5.41) is 4.13. The third-order valence-corrected chi connectivity index (χ3v) is 9.97. The van der Waals surface area contributed by atoms with Crippen LogP contribution >= 0.6 is 0 Å². The second kappa shape index (κ2) is 10.4. The van der Waals surface area contributed by atoms with Crippen molar-refractivity contribution >= 4 is 32.7 Å². The third-order valence-electron chi connectivity index (χ3n) is 8.08. The molecule has 35 heavy (non-hydrogen) atoms. The lowest BCUT2D eigenvalue weighted by Crippen LogP contribution is -2.47. The van der Waals surface area contributed by atoms with Crippen LogP contribution in [0.2, 0.25) is 0 Å². The molecule has 2 aliphatic heterocycles. The summed E-state index contributed by atoms with van der Waals surface area (Å²) in [7, 11) is -3.47. The van der Waals surface area contributed by atoms with E-state index in [1.807, 2.05) is 18.2 Å². The molecule has 1 atom stereocenters. The Morgan fingerprint density at radius 1 is 0.943 bits per heavy atom. The van der Waals surface area contributed by atoms with E-state index in [-0.39, 0.29) is 11.8 Å². The molecule has 0 radical (unpaired) electrons. The molecule has 8 heteroatoms. The van der Waals surface area contributed by atoms with Gasteiger partial charge in [0.15, 0.2) is 0 Å². The first kappa shape index (κ1) is 24.5. The Kier molecular flexibility index (Phi) is 7.30. The summed E-state index contributed by atoms with van der Waals surface area (Å²) in [4.78, 5) is 20.4. The van der Waals surface area contributed by atoms with E-state index < -0.39 is 10.0 Å². The van der Waals surface area contributed by atoms with Crippen LogP contribution in [0.3, 0.4) is 0 Å². The minimum absolute atomic E-state index is 0.0161. The molecule has 3 heterocycles. The van der Waals surface area contributed by atoms with Gasteiger partial charge in [-0.25, -0.2) is 13.4 Å². The number of aromatic nitrogens is 1. The van der Waals surface area contributed by atoms with Crippen molar-refractivity contribution in [3.05, 3.63) is 30.3 Å². The van der Waals surface area contributed by atoms with Crippen molar-refractivity contribution < 1.29 is 13.2 Å². The number of amides is 1. The van der Waals surface area contributed by atoms with Gasteiger partial charge in [0.1, 0.15) is 5.82 Å². The maximum Gasteiger partial charge on any atom is 0.243 e. The smallest absolute Gasteiger partial charge is 0.243 e. The van der Waals surface area contributed by atoms with Crippen LogP contribution < -0.4 is 10.2 Å². The zero-order valence-electron chi connectivity index (χ0n) is 20.8. The fraction of sp³-hybridized carbons (Fsp3) is 0.630. The molecule has 3 fully saturated rings. The summed E-state index contributed by atoms with van der Waals surface area (Å²) in [6.07, 6.45) is 9.39. The van der Waals surface area contributed by atoms with E-state index in [0.29, 0.717) is 30.6 Å². The van der Waals surface area contributed by atoms with Crippen LogP contribution in [0.1, 0.15) is 64.7 Å². The van der Waals surface area contributed by atoms with E-state index >= 15 is 0 Å². The van der Waals surface area contributed by atoms with Gasteiger partial charge < -0.3 is 10.2 Å². The molecule has 0 bridgehead atoms. The van der Waals surface area contributed by atoms with E-state index in [4.69, 9.17) is 4.98 Å². The van der Waals surface area contributed by atoms with Gasteiger partial charge in [-0.3, -0.25) is 4.79 Å². The topological polar surface area (TPSA) is 82.6 Å². The van der Waals surface area contributed by atoms with Crippen molar-refractivity contribution in [2.75, 3.05) is 31.1 Å². The number of fused-ring (bicyclic) bond motifs is 1. The van der Waals surface area contributed by atoms with E-state index in [1.54, 1.807) is 16.4 Å². The van der Waals surface area contributed by atoms with E-state index in [0.717, 1.165) is 74.1 Å². The van der Waals surface area contributed by atoms with Gasteiger partial charge in [0.05, 0.1) is 16.3 Å². The molecule has 1 aromatic carbocycles. The Balaban J connectivity index is 1.27. The normalized spacial score (nSPS) is 26.5. The number of nitrogens with one attached hydrogen (secondary N) is 1. The zero-order valence-corrected chi connectivity index (χ0v) is 21.6. The first-order valence-corrected chi connectivity index (χ1v) is 14.8. The summed E-state index contributed by atoms with van der Waals surface area (Å²) < 4.78 is 27.7. The summed E-state index contributed by atoms with van der Waals surface area (Å²) in [6.45, 7) is 5.05. The number of nitrogens with zero attached hydrogens (tertiary/aromatic N) is 3. The first-order chi connectivity index (χ1) is 16.9. The minimum Gasteiger partial charge on any atom is -0.356 e. The quantitative estimate of drug-likeness (QED) is 0.664. The Bertz CT molecular complexity index is 1150. The van der Waals surface area contributed by atoms with Crippen LogP contribution in [0, 0.1) is 11.8 Å². The molecule has 2 aromatic rings. The minimum atomic E-state index is -3.47. The molecule has 190 valence electrons. The van der Waals surface area contributed by atoms with Gasteiger partial charge in [0.2, 0.25) is 15.9 Å². The molecule has 2 saturated heterocycles. The highest BCUT2D eigenvalue weighted by molar-refractivity contribution is 7.89. The Morgan fingerprint density at radius 3 is 2.49 bits per heavy atom. The Hall–Kier alpha value is -2.19. The van der Waals surface area contributed by atoms with Crippen molar-refractivity contribution in [1.29, 1.82) is 0 Å². The van der Waals surface area contributed by atoms with Crippen LogP contribution in [-0.2, 0) is 14.8 Å². The highest BCUT2D eigenvalue weighted by atomic mass is 32.2. The lowest BCUT2D eigenvalue weighted by Gasteiger charge is -2.34. The largest absolute Gasteiger partial charge is 0.356 e. The molecular formula is C27H38N4O3S. The zero-order chi connectivity index (χ0) is 24.4. The summed E-state index contributed by atoms with van der Waals surface area (Å²) in [6, 6.07) is 9.48. The number of benzene rings is 1. The fourth-order valence-electron chi connectivity index (χ4n) is 5.81. The van der Waals surface area contributed by atoms with E-state index in [2.05, 4.69) is 17.1 Å². The number of carbonyl (C=O) groups excluding carboxylic acids is 1. The van der Waals surface area contributed by atoms with Crippen LogP contribution in [0.5, 0.6) is 0 Å². The van der Waals surface area contributed by atoms with E-state index in [1.165, 1.54) is 12.8 Å². The Labute approximate surface area is 209 Å². The van der Waals surface area contributed by atoms with Gasteiger partial charge >= 0.3 is 0 Å². The molecule has 1 N–H and O–H groups in total. The van der Waals surface area contributed by atoms with Crippen molar-refractivity contribution in [3.63, 3.8) is 0 Å². The molecule has 1 amide bonds. The number of anilines is 1. The maximum atomic E-state index is 13.1. The summed E-state index contributed by atoms with van der Waals surface area (Å²) in [5.41, 5.74) is 0.781. The predicted octanol–water partition coefficient (Wildman–Crippen LogP) is 4.32. The molecule has 5 rings (SSSR count). The van der Waals surface area contributed by atoms with Gasteiger partial charge in [0.25, 0.3) is 0 Å². The van der Waals surface area contributed by atoms with Crippen LogP contribution in [-0.4, -0.2) is 55.8 Å². The Morgan fingerprint density at radius 2 is 1.71 bits per heavy atom. The molecule has 0 spiro atoms. The van der Waals surface area contributed by atoms with Crippen LogP contribution in [0.15, 0.2) is 35.2 Å². The van der Waals surface area contributed by atoms with Crippen molar-refractivity contribution in [1.82, 2.24) is 14.6 Å².